The van der Waals surface area contributed by atoms with E-state index < -0.39 is 6.04 Å². The van der Waals surface area contributed by atoms with Crippen LogP contribution in [-0.4, -0.2) is 32.6 Å². The van der Waals surface area contributed by atoms with Crippen LogP contribution in [0.4, 0.5) is 0 Å². The number of nitrogens with two attached hydrogens (primary N) is 1. The predicted molar refractivity (Wildman–Crippen MR) is 60.7 cm³/mol. The van der Waals surface area contributed by atoms with E-state index >= 15 is 0 Å². The van der Waals surface area contributed by atoms with Gasteiger partial charge in [-0.3, -0.25) is 4.79 Å². The SMILES string of the molecule is CC[C@H](C)[C@H](N)C(=O)NCc1nn[nH]n1.Cl. The third-order valence-corrected chi connectivity index (χ3v) is 2.37. The Kier molecular flexibility index (Phi) is 6.59. The van der Waals surface area contributed by atoms with Crippen LogP contribution < -0.4 is 11.1 Å². The Hall–Kier alpha value is -1.21. The molecule has 1 heterocycles. The summed E-state index contributed by atoms with van der Waals surface area (Å²) in [6.45, 7) is 4.19. The summed E-state index contributed by atoms with van der Waals surface area (Å²) in [7, 11) is 0. The Morgan fingerprint density at radius 2 is 2.31 bits per heavy atom. The van der Waals surface area contributed by atoms with E-state index in [1.807, 2.05) is 13.8 Å². The Morgan fingerprint density at radius 1 is 1.62 bits per heavy atom. The molecule has 0 saturated heterocycles. The van der Waals surface area contributed by atoms with Crippen LogP contribution in [0.25, 0.3) is 0 Å². The third kappa shape index (κ3) is 4.11. The van der Waals surface area contributed by atoms with Gasteiger partial charge in [-0.05, 0) is 5.92 Å². The van der Waals surface area contributed by atoms with E-state index in [9.17, 15) is 4.79 Å². The number of carbonyl (C=O) groups is 1. The molecule has 7 nitrogen and oxygen atoms in total. The molecule has 2 atom stereocenters. The van der Waals surface area contributed by atoms with Crippen LogP contribution in [0.15, 0.2) is 0 Å². The Balaban J connectivity index is 0.00000225. The van der Waals surface area contributed by atoms with Crippen molar-refractivity contribution in [1.82, 2.24) is 25.9 Å². The number of carbonyl (C=O) groups excluding carboxylic acids is 1. The molecule has 4 N–H and O–H groups in total. The van der Waals surface area contributed by atoms with E-state index in [0.717, 1.165) is 6.42 Å². The lowest BCUT2D eigenvalue weighted by molar-refractivity contribution is -0.123. The van der Waals surface area contributed by atoms with Gasteiger partial charge >= 0.3 is 0 Å². The maximum atomic E-state index is 11.5. The van der Waals surface area contributed by atoms with Crippen molar-refractivity contribution in [2.24, 2.45) is 11.7 Å². The maximum absolute atomic E-state index is 11.5. The third-order valence-electron chi connectivity index (χ3n) is 2.37. The number of rotatable bonds is 5. The molecule has 0 spiro atoms. The molecule has 0 aliphatic heterocycles. The first-order valence-corrected chi connectivity index (χ1v) is 4.90. The lowest BCUT2D eigenvalue weighted by Crippen LogP contribution is -2.44. The van der Waals surface area contributed by atoms with Gasteiger partial charge in [0.05, 0.1) is 12.6 Å². The lowest BCUT2D eigenvalue weighted by Gasteiger charge is -2.16. The molecule has 16 heavy (non-hydrogen) atoms. The number of aromatic amines is 1. The highest BCUT2D eigenvalue weighted by Gasteiger charge is 2.19. The maximum Gasteiger partial charge on any atom is 0.237 e. The van der Waals surface area contributed by atoms with Crippen LogP contribution in [0, 0.1) is 5.92 Å². The second-order valence-corrected chi connectivity index (χ2v) is 3.46. The minimum atomic E-state index is -0.484. The van der Waals surface area contributed by atoms with Crippen LogP contribution >= 0.6 is 12.4 Å². The number of hydrogen-bond donors (Lipinski definition) is 3. The minimum absolute atomic E-state index is 0. The van der Waals surface area contributed by atoms with E-state index in [1.165, 1.54) is 0 Å². The molecule has 0 saturated carbocycles. The quantitative estimate of drug-likeness (QED) is 0.658. The number of halogens is 1. The van der Waals surface area contributed by atoms with Gasteiger partial charge in [-0.1, -0.05) is 25.5 Å². The molecule has 0 radical (unpaired) electrons. The van der Waals surface area contributed by atoms with Crippen molar-refractivity contribution < 1.29 is 4.79 Å². The molecule has 1 aromatic rings. The summed E-state index contributed by atoms with van der Waals surface area (Å²) in [5.41, 5.74) is 5.73. The van der Waals surface area contributed by atoms with Gasteiger partial charge in [-0.15, -0.1) is 22.6 Å². The number of amides is 1. The van der Waals surface area contributed by atoms with Crippen molar-refractivity contribution in [1.29, 1.82) is 0 Å². The zero-order chi connectivity index (χ0) is 11.3. The van der Waals surface area contributed by atoms with Gasteiger partial charge < -0.3 is 11.1 Å². The molecular weight excluding hydrogens is 232 g/mol. The summed E-state index contributed by atoms with van der Waals surface area (Å²) in [6.07, 6.45) is 0.872. The van der Waals surface area contributed by atoms with Crippen LogP contribution in [0.5, 0.6) is 0 Å². The topological polar surface area (TPSA) is 110 Å². The van der Waals surface area contributed by atoms with Gasteiger partial charge in [-0.25, -0.2) is 0 Å². The highest BCUT2D eigenvalue weighted by Crippen LogP contribution is 2.04. The van der Waals surface area contributed by atoms with Gasteiger partial charge in [-0.2, -0.15) is 5.21 Å². The fraction of sp³-hybridized carbons (Fsp3) is 0.750. The number of aromatic nitrogens is 4. The van der Waals surface area contributed by atoms with Crippen LogP contribution in [-0.2, 0) is 11.3 Å². The van der Waals surface area contributed by atoms with E-state index in [4.69, 9.17) is 5.73 Å². The number of H-pyrrole nitrogens is 1. The number of nitrogens with zero attached hydrogens (tertiary/aromatic N) is 3. The van der Waals surface area contributed by atoms with Crippen LogP contribution in [0.2, 0.25) is 0 Å². The van der Waals surface area contributed by atoms with Gasteiger partial charge in [0, 0.05) is 0 Å². The summed E-state index contributed by atoms with van der Waals surface area (Å²) in [5.74, 6) is 0.420. The van der Waals surface area contributed by atoms with E-state index in [2.05, 4.69) is 25.9 Å². The molecule has 92 valence electrons. The molecule has 0 bridgehead atoms. The van der Waals surface area contributed by atoms with Crippen molar-refractivity contribution in [2.45, 2.75) is 32.9 Å². The van der Waals surface area contributed by atoms with Gasteiger partial charge in [0.2, 0.25) is 5.91 Å². The zero-order valence-electron chi connectivity index (χ0n) is 9.30. The molecule has 8 heteroatoms. The first-order valence-electron chi connectivity index (χ1n) is 4.90. The van der Waals surface area contributed by atoms with Crippen molar-refractivity contribution >= 4 is 18.3 Å². The summed E-state index contributed by atoms with van der Waals surface area (Å²) in [4.78, 5) is 11.5. The fourth-order valence-corrected chi connectivity index (χ4v) is 1.05. The predicted octanol–water partition coefficient (Wildman–Crippen LogP) is -0.389. The molecule has 0 aliphatic carbocycles. The molecular formula is C8H17ClN6O. The zero-order valence-corrected chi connectivity index (χ0v) is 10.1. The summed E-state index contributed by atoms with van der Waals surface area (Å²) in [5, 5.41) is 15.8. The summed E-state index contributed by atoms with van der Waals surface area (Å²) < 4.78 is 0. The molecule has 0 unspecified atom stereocenters. The lowest BCUT2D eigenvalue weighted by atomic mass is 9.99. The normalized spacial score (nSPS) is 13.7. The standard InChI is InChI=1S/C8H16N6O.ClH/c1-3-5(2)7(9)8(15)10-4-6-11-13-14-12-6;/h5,7H,3-4,9H2,1-2H3,(H,10,15)(H,11,12,13,14);1H/t5-,7-;/m0./s1. The largest absolute Gasteiger partial charge is 0.347 e. The molecule has 0 aromatic carbocycles. The monoisotopic (exact) mass is 248 g/mol. The van der Waals surface area contributed by atoms with Gasteiger partial charge in [0.1, 0.15) is 0 Å². The Bertz CT molecular complexity index is 303. The van der Waals surface area contributed by atoms with E-state index in [1.54, 1.807) is 0 Å². The smallest absolute Gasteiger partial charge is 0.237 e. The van der Waals surface area contributed by atoms with Crippen molar-refractivity contribution in [2.75, 3.05) is 0 Å². The number of hydrogen-bond acceptors (Lipinski definition) is 5. The van der Waals surface area contributed by atoms with Crippen LogP contribution in [0.1, 0.15) is 26.1 Å². The van der Waals surface area contributed by atoms with Gasteiger partial charge in [0.15, 0.2) is 5.82 Å². The molecule has 0 fully saturated rings. The minimum Gasteiger partial charge on any atom is -0.347 e. The van der Waals surface area contributed by atoms with E-state index in [-0.39, 0.29) is 30.8 Å². The molecule has 1 rings (SSSR count). The first-order chi connectivity index (χ1) is 7.15. The van der Waals surface area contributed by atoms with E-state index in [0.29, 0.717) is 5.82 Å². The Morgan fingerprint density at radius 3 is 2.81 bits per heavy atom. The van der Waals surface area contributed by atoms with Crippen LogP contribution in [0.3, 0.4) is 0 Å². The average Bonchev–Trinajstić information content (AvgIpc) is 2.76. The average molecular weight is 249 g/mol. The number of nitrogens with one attached hydrogen (secondary N) is 2. The second kappa shape index (κ2) is 7.13. The Labute approximate surface area is 100.0 Å². The molecule has 1 aromatic heterocycles. The van der Waals surface area contributed by atoms with Gasteiger partial charge in [0.25, 0.3) is 0 Å². The highest BCUT2D eigenvalue weighted by atomic mass is 35.5. The second-order valence-electron chi connectivity index (χ2n) is 3.46. The van der Waals surface area contributed by atoms with Crippen molar-refractivity contribution in [3.8, 4) is 0 Å². The fourth-order valence-electron chi connectivity index (χ4n) is 1.05. The molecule has 0 aliphatic rings. The highest BCUT2D eigenvalue weighted by molar-refractivity contribution is 5.85. The summed E-state index contributed by atoms with van der Waals surface area (Å²) >= 11 is 0. The van der Waals surface area contributed by atoms with Crippen molar-refractivity contribution in [3.63, 3.8) is 0 Å². The first kappa shape index (κ1) is 14.8. The number of tetrazole rings is 1. The summed E-state index contributed by atoms with van der Waals surface area (Å²) in [6, 6.07) is -0.484. The molecule has 1 amide bonds. The van der Waals surface area contributed by atoms with Crippen molar-refractivity contribution in [3.05, 3.63) is 5.82 Å².